The maximum Gasteiger partial charge on any atom is 0.0692 e. The van der Waals surface area contributed by atoms with Gasteiger partial charge in [0.05, 0.1) is 6.10 Å². The van der Waals surface area contributed by atoms with Crippen LogP contribution in [0.3, 0.4) is 0 Å². The van der Waals surface area contributed by atoms with E-state index in [9.17, 15) is 5.11 Å². The zero-order valence-electron chi connectivity index (χ0n) is 8.29. The number of likely N-dealkylation sites (tertiary alicyclic amines) is 1. The fraction of sp³-hybridized carbons (Fsp3) is 1.00. The minimum atomic E-state index is -0.118. The molecular weight excluding hydrogens is 150 g/mol. The van der Waals surface area contributed by atoms with Gasteiger partial charge < -0.3 is 10.0 Å². The average Bonchev–Trinajstić information content (AvgIpc) is 2.55. The van der Waals surface area contributed by atoms with Gasteiger partial charge >= 0.3 is 0 Å². The van der Waals surface area contributed by atoms with Gasteiger partial charge in [-0.25, -0.2) is 0 Å². The second-order valence-corrected chi connectivity index (χ2v) is 3.96. The van der Waals surface area contributed by atoms with Crippen LogP contribution < -0.4 is 0 Å². The molecule has 1 aliphatic rings. The predicted molar refractivity (Wildman–Crippen MR) is 51.1 cm³/mol. The van der Waals surface area contributed by atoms with E-state index in [1.807, 2.05) is 0 Å². The van der Waals surface area contributed by atoms with Gasteiger partial charge in [0.25, 0.3) is 0 Å². The van der Waals surface area contributed by atoms with Crippen molar-refractivity contribution in [1.29, 1.82) is 0 Å². The van der Waals surface area contributed by atoms with E-state index in [1.165, 1.54) is 25.9 Å². The van der Waals surface area contributed by atoms with Crippen molar-refractivity contribution in [2.75, 3.05) is 19.6 Å². The Bertz CT molecular complexity index is 121. The molecule has 1 heterocycles. The van der Waals surface area contributed by atoms with Crippen molar-refractivity contribution < 1.29 is 5.11 Å². The molecule has 2 nitrogen and oxygen atoms in total. The number of β-amino-alcohol motifs (C(OH)–C–C–N with tert-alkyl or cyclic N) is 1. The number of hydrogen-bond donors (Lipinski definition) is 1. The van der Waals surface area contributed by atoms with Gasteiger partial charge in [-0.05, 0) is 31.8 Å². The summed E-state index contributed by atoms with van der Waals surface area (Å²) >= 11 is 0. The quantitative estimate of drug-likeness (QED) is 0.692. The first-order valence-electron chi connectivity index (χ1n) is 5.14. The molecule has 1 fully saturated rings. The maximum atomic E-state index is 9.74. The normalized spacial score (nSPS) is 24.2. The zero-order valence-corrected chi connectivity index (χ0v) is 8.29. The second kappa shape index (κ2) is 4.83. The van der Waals surface area contributed by atoms with E-state index in [1.54, 1.807) is 0 Å². The molecule has 0 saturated carbocycles. The van der Waals surface area contributed by atoms with Crippen LogP contribution in [0.15, 0.2) is 0 Å². The molecule has 0 amide bonds. The maximum absolute atomic E-state index is 9.74. The van der Waals surface area contributed by atoms with Gasteiger partial charge in [-0.1, -0.05) is 20.3 Å². The number of nitrogens with zero attached hydrogens (tertiary/aromatic N) is 1. The monoisotopic (exact) mass is 171 g/mol. The number of hydrogen-bond acceptors (Lipinski definition) is 2. The first-order valence-corrected chi connectivity index (χ1v) is 5.14. The summed E-state index contributed by atoms with van der Waals surface area (Å²) in [6.45, 7) is 7.52. The summed E-state index contributed by atoms with van der Waals surface area (Å²) in [5, 5.41) is 9.74. The molecule has 0 bridgehead atoms. The van der Waals surface area contributed by atoms with Crippen molar-refractivity contribution in [2.24, 2.45) is 5.92 Å². The SMILES string of the molecule is CCC(C)C(O)CN1CCCC1. The van der Waals surface area contributed by atoms with Crippen molar-refractivity contribution in [3.63, 3.8) is 0 Å². The van der Waals surface area contributed by atoms with E-state index in [2.05, 4.69) is 18.7 Å². The molecular formula is C10H21NO. The van der Waals surface area contributed by atoms with Gasteiger partial charge in [-0.3, -0.25) is 0 Å². The van der Waals surface area contributed by atoms with E-state index in [0.717, 1.165) is 13.0 Å². The van der Waals surface area contributed by atoms with Crippen LogP contribution >= 0.6 is 0 Å². The van der Waals surface area contributed by atoms with Crippen molar-refractivity contribution >= 4 is 0 Å². The van der Waals surface area contributed by atoms with E-state index >= 15 is 0 Å². The largest absolute Gasteiger partial charge is 0.392 e. The van der Waals surface area contributed by atoms with Gasteiger partial charge in [-0.2, -0.15) is 0 Å². The van der Waals surface area contributed by atoms with Crippen molar-refractivity contribution in [2.45, 2.75) is 39.2 Å². The smallest absolute Gasteiger partial charge is 0.0692 e. The highest BCUT2D eigenvalue weighted by Crippen LogP contribution is 2.13. The standard InChI is InChI=1S/C10H21NO/c1-3-9(2)10(12)8-11-6-4-5-7-11/h9-10,12H,3-8H2,1-2H3. The van der Waals surface area contributed by atoms with E-state index in [0.29, 0.717) is 5.92 Å². The van der Waals surface area contributed by atoms with Gasteiger partial charge in [0.15, 0.2) is 0 Å². The molecule has 0 aromatic heterocycles. The van der Waals surface area contributed by atoms with Gasteiger partial charge in [0, 0.05) is 6.54 Å². The summed E-state index contributed by atoms with van der Waals surface area (Å²) in [4.78, 5) is 2.37. The van der Waals surface area contributed by atoms with Crippen LogP contribution in [0.2, 0.25) is 0 Å². The average molecular weight is 171 g/mol. The highest BCUT2D eigenvalue weighted by Gasteiger charge is 2.18. The Morgan fingerprint density at radius 3 is 2.42 bits per heavy atom. The molecule has 0 radical (unpaired) electrons. The van der Waals surface area contributed by atoms with Crippen molar-refractivity contribution in [1.82, 2.24) is 4.90 Å². The Labute approximate surface area is 75.6 Å². The summed E-state index contributed by atoms with van der Waals surface area (Å²) in [6.07, 6.45) is 3.59. The minimum Gasteiger partial charge on any atom is -0.392 e. The molecule has 72 valence electrons. The van der Waals surface area contributed by atoms with Crippen LogP contribution in [0.25, 0.3) is 0 Å². The lowest BCUT2D eigenvalue weighted by molar-refractivity contribution is 0.0771. The molecule has 0 spiro atoms. The molecule has 12 heavy (non-hydrogen) atoms. The zero-order chi connectivity index (χ0) is 8.97. The third-order valence-electron chi connectivity index (χ3n) is 2.94. The van der Waals surface area contributed by atoms with Crippen LogP contribution in [0, 0.1) is 5.92 Å². The molecule has 2 unspecified atom stereocenters. The Morgan fingerprint density at radius 1 is 1.33 bits per heavy atom. The Balaban J connectivity index is 2.19. The van der Waals surface area contributed by atoms with Crippen LogP contribution in [0.5, 0.6) is 0 Å². The molecule has 0 aromatic rings. The Morgan fingerprint density at radius 2 is 1.92 bits per heavy atom. The number of aliphatic hydroxyl groups excluding tert-OH is 1. The van der Waals surface area contributed by atoms with Crippen LogP contribution in [-0.4, -0.2) is 35.7 Å². The predicted octanol–water partition coefficient (Wildman–Crippen LogP) is 1.49. The molecule has 0 aromatic carbocycles. The lowest BCUT2D eigenvalue weighted by Crippen LogP contribution is -2.33. The highest BCUT2D eigenvalue weighted by molar-refractivity contribution is 4.72. The van der Waals surface area contributed by atoms with Crippen LogP contribution in [0.4, 0.5) is 0 Å². The molecule has 2 atom stereocenters. The highest BCUT2D eigenvalue weighted by atomic mass is 16.3. The van der Waals surface area contributed by atoms with E-state index in [-0.39, 0.29) is 6.10 Å². The molecule has 0 aliphatic carbocycles. The molecule has 1 saturated heterocycles. The van der Waals surface area contributed by atoms with Crippen LogP contribution in [0.1, 0.15) is 33.1 Å². The Hall–Kier alpha value is -0.0800. The van der Waals surface area contributed by atoms with Gasteiger partial charge in [0.1, 0.15) is 0 Å². The second-order valence-electron chi connectivity index (χ2n) is 3.96. The topological polar surface area (TPSA) is 23.5 Å². The fourth-order valence-electron chi connectivity index (χ4n) is 1.68. The third-order valence-corrected chi connectivity index (χ3v) is 2.94. The van der Waals surface area contributed by atoms with Crippen LogP contribution in [-0.2, 0) is 0 Å². The first-order chi connectivity index (χ1) is 5.74. The lowest BCUT2D eigenvalue weighted by atomic mass is 10.0. The minimum absolute atomic E-state index is 0.118. The summed E-state index contributed by atoms with van der Waals surface area (Å²) in [5.41, 5.74) is 0. The molecule has 2 heteroatoms. The summed E-state index contributed by atoms with van der Waals surface area (Å²) in [5.74, 6) is 0.450. The number of rotatable bonds is 4. The Kier molecular flexibility index (Phi) is 4.02. The van der Waals surface area contributed by atoms with Gasteiger partial charge in [-0.15, -0.1) is 0 Å². The molecule has 1 aliphatic heterocycles. The van der Waals surface area contributed by atoms with E-state index in [4.69, 9.17) is 0 Å². The lowest BCUT2D eigenvalue weighted by Gasteiger charge is -2.23. The number of aliphatic hydroxyl groups is 1. The first kappa shape index (κ1) is 10.0. The molecule has 1 N–H and O–H groups in total. The summed E-state index contributed by atoms with van der Waals surface area (Å²) in [7, 11) is 0. The molecule has 1 rings (SSSR count). The summed E-state index contributed by atoms with van der Waals surface area (Å²) < 4.78 is 0. The third kappa shape index (κ3) is 2.76. The van der Waals surface area contributed by atoms with Crippen molar-refractivity contribution in [3.8, 4) is 0 Å². The van der Waals surface area contributed by atoms with Crippen molar-refractivity contribution in [3.05, 3.63) is 0 Å². The summed E-state index contributed by atoms with van der Waals surface area (Å²) in [6, 6.07) is 0. The van der Waals surface area contributed by atoms with Gasteiger partial charge in [0.2, 0.25) is 0 Å². The van der Waals surface area contributed by atoms with E-state index < -0.39 is 0 Å². The fourth-order valence-corrected chi connectivity index (χ4v) is 1.68.